The van der Waals surface area contributed by atoms with Gasteiger partial charge in [0.2, 0.25) is 0 Å². The summed E-state index contributed by atoms with van der Waals surface area (Å²) in [4.78, 5) is 22.1. The van der Waals surface area contributed by atoms with Crippen molar-refractivity contribution in [1.29, 1.82) is 0 Å². The van der Waals surface area contributed by atoms with Gasteiger partial charge >= 0.3 is 5.97 Å². The molecule has 0 aliphatic heterocycles. The molecule has 0 aromatic carbocycles. The van der Waals surface area contributed by atoms with Crippen molar-refractivity contribution < 1.29 is 14.3 Å². The second kappa shape index (κ2) is 4.40. The molecule has 1 saturated carbocycles. The van der Waals surface area contributed by atoms with Crippen LogP contribution in [0, 0.1) is 11.8 Å². The van der Waals surface area contributed by atoms with Crippen LogP contribution in [0.2, 0.25) is 0 Å². The van der Waals surface area contributed by atoms with E-state index in [0.717, 1.165) is 6.42 Å². The van der Waals surface area contributed by atoms with E-state index >= 15 is 0 Å². The lowest BCUT2D eigenvalue weighted by Crippen LogP contribution is -2.25. The maximum absolute atomic E-state index is 11.1. The van der Waals surface area contributed by atoms with Crippen LogP contribution in [0.4, 0.5) is 0 Å². The van der Waals surface area contributed by atoms with E-state index in [1.54, 1.807) is 0 Å². The molecule has 0 bridgehead atoms. The molecule has 0 aromatic rings. The van der Waals surface area contributed by atoms with Crippen LogP contribution in [-0.2, 0) is 14.3 Å². The summed E-state index contributed by atoms with van der Waals surface area (Å²) < 4.78 is 4.59. The first kappa shape index (κ1) is 10.2. The minimum absolute atomic E-state index is 0.202. The Hall–Kier alpha value is -0.860. The van der Waals surface area contributed by atoms with Crippen LogP contribution in [0.15, 0.2) is 0 Å². The fourth-order valence-corrected chi connectivity index (χ4v) is 1.79. The highest BCUT2D eigenvalue weighted by Gasteiger charge is 2.28. The van der Waals surface area contributed by atoms with E-state index in [1.807, 2.05) is 0 Å². The van der Waals surface area contributed by atoms with Gasteiger partial charge in [0.05, 0.1) is 7.11 Å². The Balaban J connectivity index is 2.46. The third-order valence-corrected chi connectivity index (χ3v) is 2.83. The number of ketones is 1. The van der Waals surface area contributed by atoms with Crippen LogP contribution in [0.3, 0.4) is 0 Å². The quantitative estimate of drug-likeness (QED) is 0.611. The molecule has 3 heteroatoms. The van der Waals surface area contributed by atoms with Gasteiger partial charge in [0, 0.05) is 19.3 Å². The Bertz CT molecular complexity index is 210. The second-order valence-corrected chi connectivity index (χ2v) is 3.80. The van der Waals surface area contributed by atoms with Gasteiger partial charge in [-0.15, -0.1) is 0 Å². The Kier molecular flexibility index (Phi) is 3.46. The van der Waals surface area contributed by atoms with Crippen molar-refractivity contribution >= 4 is 11.8 Å². The van der Waals surface area contributed by atoms with Gasteiger partial charge in [0.15, 0.2) is 0 Å². The number of Topliss-reactive ketones (excluding diaryl/α,β-unsaturated/α-hetero) is 1. The number of methoxy groups -OCH3 is 1. The average Bonchev–Trinajstić information content (AvgIpc) is 2.11. The predicted molar refractivity (Wildman–Crippen MR) is 48.1 cm³/mol. The van der Waals surface area contributed by atoms with Crippen LogP contribution in [0.5, 0.6) is 0 Å². The van der Waals surface area contributed by atoms with E-state index in [9.17, 15) is 9.59 Å². The highest BCUT2D eigenvalue weighted by Crippen LogP contribution is 2.30. The second-order valence-electron chi connectivity index (χ2n) is 3.80. The number of ether oxygens (including phenoxy) is 1. The molecular weight excluding hydrogens is 168 g/mol. The van der Waals surface area contributed by atoms with Crippen molar-refractivity contribution in [1.82, 2.24) is 0 Å². The van der Waals surface area contributed by atoms with Gasteiger partial charge in [-0.2, -0.15) is 0 Å². The Morgan fingerprint density at radius 2 is 2.31 bits per heavy atom. The van der Waals surface area contributed by atoms with Crippen molar-refractivity contribution in [3.63, 3.8) is 0 Å². The summed E-state index contributed by atoms with van der Waals surface area (Å²) in [5, 5.41) is 0. The van der Waals surface area contributed by atoms with Crippen LogP contribution in [-0.4, -0.2) is 18.9 Å². The van der Waals surface area contributed by atoms with Gasteiger partial charge in [0.25, 0.3) is 0 Å². The maximum atomic E-state index is 11.1. The zero-order valence-corrected chi connectivity index (χ0v) is 8.21. The van der Waals surface area contributed by atoms with Gasteiger partial charge < -0.3 is 4.74 Å². The van der Waals surface area contributed by atoms with E-state index in [4.69, 9.17) is 0 Å². The van der Waals surface area contributed by atoms with Crippen LogP contribution >= 0.6 is 0 Å². The highest BCUT2D eigenvalue weighted by molar-refractivity contribution is 5.80. The van der Waals surface area contributed by atoms with Crippen molar-refractivity contribution in [3.8, 4) is 0 Å². The molecular formula is C10H16O3. The number of hydrogen-bond acceptors (Lipinski definition) is 3. The minimum atomic E-state index is -0.202. The number of hydrogen-bond donors (Lipinski definition) is 0. The van der Waals surface area contributed by atoms with Crippen LogP contribution in [0.1, 0.15) is 32.6 Å². The van der Waals surface area contributed by atoms with Crippen LogP contribution in [0.25, 0.3) is 0 Å². The van der Waals surface area contributed by atoms with Gasteiger partial charge in [-0.05, 0) is 18.3 Å². The standard InChI is InChI=1S/C10H16O3/c1-7-3-4-9(11)5-8(7)6-10(12)13-2/h7-8H,3-6H2,1-2H3. The van der Waals surface area contributed by atoms with E-state index in [-0.39, 0.29) is 17.7 Å². The molecule has 1 aliphatic rings. The van der Waals surface area contributed by atoms with E-state index in [1.165, 1.54) is 7.11 Å². The van der Waals surface area contributed by atoms with Crippen molar-refractivity contribution in [3.05, 3.63) is 0 Å². The monoisotopic (exact) mass is 184 g/mol. The summed E-state index contributed by atoms with van der Waals surface area (Å²) >= 11 is 0. The zero-order valence-electron chi connectivity index (χ0n) is 8.21. The minimum Gasteiger partial charge on any atom is -0.469 e. The molecule has 0 aromatic heterocycles. The molecule has 0 amide bonds. The summed E-state index contributed by atoms with van der Waals surface area (Å²) in [5.74, 6) is 0.754. The fourth-order valence-electron chi connectivity index (χ4n) is 1.79. The van der Waals surface area contributed by atoms with Gasteiger partial charge in [-0.3, -0.25) is 9.59 Å². The number of carbonyl (C=O) groups excluding carboxylic acids is 2. The summed E-state index contributed by atoms with van der Waals surface area (Å²) in [6, 6.07) is 0. The normalized spacial score (nSPS) is 28.6. The molecule has 1 rings (SSSR count). The molecule has 1 fully saturated rings. The molecule has 2 unspecified atom stereocenters. The zero-order chi connectivity index (χ0) is 9.84. The average molecular weight is 184 g/mol. The Morgan fingerprint density at radius 1 is 1.62 bits per heavy atom. The fraction of sp³-hybridized carbons (Fsp3) is 0.800. The van der Waals surface area contributed by atoms with E-state index < -0.39 is 0 Å². The number of carbonyl (C=O) groups is 2. The van der Waals surface area contributed by atoms with E-state index in [2.05, 4.69) is 11.7 Å². The molecule has 0 spiro atoms. The molecule has 0 radical (unpaired) electrons. The van der Waals surface area contributed by atoms with E-state index in [0.29, 0.717) is 25.2 Å². The first-order valence-corrected chi connectivity index (χ1v) is 4.72. The Morgan fingerprint density at radius 3 is 2.92 bits per heavy atom. The summed E-state index contributed by atoms with van der Waals surface area (Å²) in [7, 11) is 1.39. The van der Waals surface area contributed by atoms with Crippen molar-refractivity contribution in [2.75, 3.05) is 7.11 Å². The highest BCUT2D eigenvalue weighted by atomic mass is 16.5. The molecule has 74 valence electrons. The summed E-state index contributed by atoms with van der Waals surface area (Å²) in [6.07, 6.45) is 2.54. The lowest BCUT2D eigenvalue weighted by atomic mass is 9.78. The molecule has 0 N–H and O–H groups in total. The summed E-state index contributed by atoms with van der Waals surface area (Å²) in [6.45, 7) is 2.10. The SMILES string of the molecule is COC(=O)CC1CC(=O)CCC1C. The van der Waals surface area contributed by atoms with Gasteiger partial charge in [-0.1, -0.05) is 6.92 Å². The van der Waals surface area contributed by atoms with Crippen molar-refractivity contribution in [2.24, 2.45) is 11.8 Å². The molecule has 3 nitrogen and oxygen atoms in total. The third-order valence-electron chi connectivity index (χ3n) is 2.83. The molecule has 1 aliphatic carbocycles. The predicted octanol–water partition coefficient (Wildman–Crippen LogP) is 1.55. The number of esters is 1. The lowest BCUT2D eigenvalue weighted by molar-refractivity contribution is -0.142. The molecule has 0 heterocycles. The first-order valence-electron chi connectivity index (χ1n) is 4.72. The number of rotatable bonds is 2. The summed E-state index contributed by atoms with van der Waals surface area (Å²) in [5.41, 5.74) is 0. The molecule has 0 saturated heterocycles. The Labute approximate surface area is 78.5 Å². The first-order chi connectivity index (χ1) is 6.13. The van der Waals surface area contributed by atoms with Crippen molar-refractivity contribution in [2.45, 2.75) is 32.6 Å². The van der Waals surface area contributed by atoms with Crippen LogP contribution < -0.4 is 0 Å². The topological polar surface area (TPSA) is 43.4 Å². The smallest absolute Gasteiger partial charge is 0.305 e. The van der Waals surface area contributed by atoms with Gasteiger partial charge in [0.1, 0.15) is 5.78 Å². The largest absolute Gasteiger partial charge is 0.469 e. The lowest BCUT2D eigenvalue weighted by Gasteiger charge is -2.26. The molecule has 13 heavy (non-hydrogen) atoms. The molecule has 2 atom stereocenters. The van der Waals surface area contributed by atoms with Gasteiger partial charge in [-0.25, -0.2) is 0 Å². The third kappa shape index (κ3) is 2.83. The maximum Gasteiger partial charge on any atom is 0.305 e.